The second-order valence-corrected chi connectivity index (χ2v) is 8.15. The quantitative estimate of drug-likeness (QED) is 0.476. The Morgan fingerprint density at radius 2 is 1.58 bits per heavy atom. The zero-order valence-corrected chi connectivity index (χ0v) is 18.0. The molecule has 0 saturated carbocycles. The highest BCUT2D eigenvalue weighted by atomic mass is 16.4. The molecule has 0 radical (unpaired) electrons. The fourth-order valence-electron chi connectivity index (χ4n) is 3.48. The highest BCUT2D eigenvalue weighted by Crippen LogP contribution is 2.21. The van der Waals surface area contributed by atoms with Gasteiger partial charge in [-0.1, -0.05) is 38.1 Å². The molecule has 31 heavy (non-hydrogen) atoms. The van der Waals surface area contributed by atoms with Crippen LogP contribution in [0.2, 0.25) is 0 Å². The minimum atomic E-state index is -1.11. The zero-order valence-electron chi connectivity index (χ0n) is 18.0. The lowest BCUT2D eigenvalue weighted by atomic mass is 9.94. The third-order valence-electron chi connectivity index (χ3n) is 5.10. The summed E-state index contributed by atoms with van der Waals surface area (Å²) < 4.78 is 0. The lowest BCUT2D eigenvalue weighted by Crippen LogP contribution is -2.44. The number of pyridine rings is 1. The molecule has 1 heterocycles. The van der Waals surface area contributed by atoms with Crippen molar-refractivity contribution in [3.8, 4) is 11.1 Å². The number of benzene rings is 1. The van der Waals surface area contributed by atoms with E-state index in [0.717, 1.165) is 16.7 Å². The smallest absolute Gasteiger partial charge is 0.326 e. The third-order valence-corrected chi connectivity index (χ3v) is 5.10. The highest BCUT2D eigenvalue weighted by molar-refractivity contribution is 5.87. The van der Waals surface area contributed by atoms with Crippen molar-refractivity contribution < 1.29 is 24.6 Å². The molecule has 2 aromatic rings. The monoisotopic (exact) mass is 426 g/mol. The molecule has 0 fully saturated rings. The van der Waals surface area contributed by atoms with Gasteiger partial charge in [0.15, 0.2) is 0 Å². The number of carbonyl (C=O) groups is 3. The van der Waals surface area contributed by atoms with Crippen LogP contribution in [0, 0.1) is 11.8 Å². The van der Waals surface area contributed by atoms with Gasteiger partial charge in [-0.3, -0.25) is 14.6 Å². The maximum Gasteiger partial charge on any atom is 0.326 e. The second kappa shape index (κ2) is 11.8. The van der Waals surface area contributed by atoms with E-state index in [0.29, 0.717) is 25.7 Å². The molecule has 0 aliphatic heterocycles. The van der Waals surface area contributed by atoms with Gasteiger partial charge < -0.3 is 15.5 Å². The molecule has 3 N–H and O–H groups in total. The summed E-state index contributed by atoms with van der Waals surface area (Å²) in [6.07, 6.45) is 5.17. The Kier molecular flexibility index (Phi) is 9.18. The molecule has 2 atom stereocenters. The van der Waals surface area contributed by atoms with Crippen LogP contribution >= 0.6 is 0 Å². The van der Waals surface area contributed by atoms with Gasteiger partial charge in [-0.25, -0.2) is 4.79 Å². The molecule has 166 valence electrons. The van der Waals surface area contributed by atoms with E-state index in [1.54, 1.807) is 12.4 Å². The van der Waals surface area contributed by atoms with E-state index < -0.39 is 29.8 Å². The normalized spacial score (nSPS) is 12.9. The number of aliphatic carboxylic acids is 2. The first-order chi connectivity index (χ1) is 14.8. The number of carboxylic acids is 2. The van der Waals surface area contributed by atoms with Crippen molar-refractivity contribution in [1.29, 1.82) is 0 Å². The molecule has 0 aliphatic carbocycles. The fourth-order valence-corrected chi connectivity index (χ4v) is 3.48. The first-order valence-electron chi connectivity index (χ1n) is 10.5. The van der Waals surface area contributed by atoms with Gasteiger partial charge in [0.25, 0.3) is 0 Å². The van der Waals surface area contributed by atoms with Crippen LogP contribution in [0.5, 0.6) is 0 Å². The lowest BCUT2D eigenvalue weighted by molar-refractivity contribution is -0.144. The van der Waals surface area contributed by atoms with Crippen molar-refractivity contribution in [3.05, 3.63) is 54.4 Å². The SMILES string of the molecule is CC(C)C[C@H](NC(=O)[C@H](CCCc1ccc(-c2ccncc2)cc1)CC(=O)O)C(=O)O. The summed E-state index contributed by atoms with van der Waals surface area (Å²) in [5.41, 5.74) is 3.25. The van der Waals surface area contributed by atoms with E-state index in [1.165, 1.54) is 0 Å². The van der Waals surface area contributed by atoms with Crippen molar-refractivity contribution >= 4 is 17.8 Å². The Balaban J connectivity index is 1.94. The van der Waals surface area contributed by atoms with Gasteiger partial charge in [0, 0.05) is 18.3 Å². The Morgan fingerprint density at radius 3 is 2.13 bits per heavy atom. The summed E-state index contributed by atoms with van der Waals surface area (Å²) in [6, 6.07) is 11.0. The van der Waals surface area contributed by atoms with E-state index in [-0.39, 0.29) is 12.3 Å². The maximum atomic E-state index is 12.6. The van der Waals surface area contributed by atoms with Gasteiger partial charge in [-0.05, 0) is 60.4 Å². The molecule has 7 nitrogen and oxygen atoms in total. The third kappa shape index (κ3) is 8.20. The van der Waals surface area contributed by atoms with Crippen molar-refractivity contribution in [2.24, 2.45) is 11.8 Å². The summed E-state index contributed by atoms with van der Waals surface area (Å²) in [6.45, 7) is 3.74. The summed E-state index contributed by atoms with van der Waals surface area (Å²) in [7, 11) is 0. The number of amides is 1. The van der Waals surface area contributed by atoms with Crippen LogP contribution in [0.4, 0.5) is 0 Å². The van der Waals surface area contributed by atoms with Crippen LogP contribution in [-0.4, -0.2) is 39.1 Å². The Bertz CT molecular complexity index is 865. The number of carboxylic acid groups (broad SMARTS) is 2. The van der Waals surface area contributed by atoms with Crippen LogP contribution < -0.4 is 5.32 Å². The molecule has 1 aromatic heterocycles. The van der Waals surface area contributed by atoms with Crippen LogP contribution in [0.15, 0.2) is 48.8 Å². The van der Waals surface area contributed by atoms with E-state index in [9.17, 15) is 24.6 Å². The van der Waals surface area contributed by atoms with Gasteiger partial charge in [-0.2, -0.15) is 0 Å². The number of aromatic nitrogens is 1. The van der Waals surface area contributed by atoms with Gasteiger partial charge in [0.05, 0.1) is 6.42 Å². The molecule has 0 saturated heterocycles. The van der Waals surface area contributed by atoms with Crippen molar-refractivity contribution in [1.82, 2.24) is 10.3 Å². The summed E-state index contributed by atoms with van der Waals surface area (Å²) in [5, 5.41) is 21.0. The van der Waals surface area contributed by atoms with Gasteiger partial charge in [0.2, 0.25) is 5.91 Å². The average molecular weight is 427 g/mol. The molecule has 2 rings (SSSR count). The van der Waals surface area contributed by atoms with Gasteiger partial charge >= 0.3 is 11.9 Å². The fraction of sp³-hybridized carbons (Fsp3) is 0.417. The number of carbonyl (C=O) groups excluding carboxylic acids is 1. The van der Waals surface area contributed by atoms with Gasteiger partial charge in [-0.15, -0.1) is 0 Å². The first kappa shape index (κ1) is 24.1. The van der Waals surface area contributed by atoms with Gasteiger partial charge in [0.1, 0.15) is 6.04 Å². The number of hydrogen-bond acceptors (Lipinski definition) is 4. The number of hydrogen-bond donors (Lipinski definition) is 3. The molecule has 0 bridgehead atoms. The van der Waals surface area contributed by atoms with Crippen LogP contribution in [0.3, 0.4) is 0 Å². The number of nitrogens with one attached hydrogen (secondary N) is 1. The standard InChI is InChI=1S/C24H30N2O5/c1-16(2)14-21(24(30)31)26-23(29)20(15-22(27)28)5-3-4-17-6-8-18(9-7-17)19-10-12-25-13-11-19/h6-13,16,20-21H,3-5,14-15H2,1-2H3,(H,26,29)(H,27,28)(H,30,31)/t20-,21+/m1/s1. The second-order valence-electron chi connectivity index (χ2n) is 8.15. The average Bonchev–Trinajstić information content (AvgIpc) is 2.73. The van der Waals surface area contributed by atoms with E-state index in [2.05, 4.69) is 10.3 Å². The Labute approximate surface area is 182 Å². The molecule has 1 aromatic carbocycles. The zero-order chi connectivity index (χ0) is 22.8. The summed E-state index contributed by atoms with van der Waals surface area (Å²) in [4.78, 5) is 39.2. The predicted molar refractivity (Wildman–Crippen MR) is 117 cm³/mol. The molecular weight excluding hydrogens is 396 g/mol. The van der Waals surface area contributed by atoms with E-state index in [1.807, 2.05) is 50.2 Å². The topological polar surface area (TPSA) is 117 Å². The van der Waals surface area contributed by atoms with Crippen molar-refractivity contribution in [2.75, 3.05) is 0 Å². The largest absolute Gasteiger partial charge is 0.481 e. The minimum Gasteiger partial charge on any atom is -0.481 e. The Morgan fingerprint density at radius 1 is 0.968 bits per heavy atom. The molecule has 7 heteroatoms. The first-order valence-corrected chi connectivity index (χ1v) is 10.5. The number of nitrogens with zero attached hydrogens (tertiary/aromatic N) is 1. The highest BCUT2D eigenvalue weighted by Gasteiger charge is 2.27. The Hall–Kier alpha value is -3.22. The maximum absolute atomic E-state index is 12.6. The molecule has 1 amide bonds. The minimum absolute atomic E-state index is 0.0921. The van der Waals surface area contributed by atoms with Crippen molar-refractivity contribution in [3.63, 3.8) is 0 Å². The lowest BCUT2D eigenvalue weighted by Gasteiger charge is -2.20. The number of aryl methyl sites for hydroxylation is 1. The van der Waals surface area contributed by atoms with Crippen LogP contribution in [0.1, 0.15) is 45.1 Å². The number of rotatable bonds is 12. The molecular formula is C24H30N2O5. The molecule has 0 spiro atoms. The van der Waals surface area contributed by atoms with E-state index >= 15 is 0 Å². The van der Waals surface area contributed by atoms with Crippen LogP contribution in [-0.2, 0) is 20.8 Å². The van der Waals surface area contributed by atoms with Crippen LogP contribution in [0.25, 0.3) is 11.1 Å². The molecule has 0 unspecified atom stereocenters. The van der Waals surface area contributed by atoms with E-state index in [4.69, 9.17) is 0 Å². The summed E-state index contributed by atoms with van der Waals surface area (Å²) >= 11 is 0. The summed E-state index contributed by atoms with van der Waals surface area (Å²) in [5.74, 6) is -3.36. The molecule has 0 aliphatic rings. The van der Waals surface area contributed by atoms with Crippen molar-refractivity contribution in [2.45, 2.75) is 52.0 Å². The predicted octanol–water partition coefficient (Wildman–Crippen LogP) is 3.78.